The summed E-state index contributed by atoms with van der Waals surface area (Å²) in [6.07, 6.45) is -3.06. The minimum absolute atomic E-state index is 0.131. The smallest absolute Gasteiger partial charge is 0.416 e. The number of fused-ring (bicyclic) bond motifs is 1. The first-order valence-corrected chi connectivity index (χ1v) is 7.07. The third-order valence-electron chi connectivity index (χ3n) is 3.62. The van der Waals surface area contributed by atoms with Crippen LogP contribution in [0.2, 0.25) is 0 Å². The third-order valence-corrected chi connectivity index (χ3v) is 3.62. The molecule has 1 N–H and O–H groups in total. The first-order valence-electron chi connectivity index (χ1n) is 7.07. The molecule has 2 aromatic rings. The van der Waals surface area contributed by atoms with Crippen molar-refractivity contribution in [2.45, 2.75) is 25.3 Å². The van der Waals surface area contributed by atoms with Crippen molar-refractivity contribution >= 4 is 5.82 Å². The van der Waals surface area contributed by atoms with Crippen molar-refractivity contribution < 1.29 is 22.8 Å². The highest BCUT2D eigenvalue weighted by Crippen LogP contribution is 2.29. The van der Waals surface area contributed by atoms with Gasteiger partial charge in [-0.3, -0.25) is 4.57 Å². The summed E-state index contributed by atoms with van der Waals surface area (Å²) in [4.78, 5) is 13.8. The SMILES string of the molecule is O=[N+]([O-])c1cn2c(n1)OC[C@@H](NCc1ccc(C(F)(F)F)cc1)C2. The lowest BCUT2D eigenvalue weighted by Crippen LogP contribution is -2.41. The van der Waals surface area contributed by atoms with Crippen LogP contribution < -0.4 is 10.1 Å². The van der Waals surface area contributed by atoms with E-state index in [4.69, 9.17) is 4.74 Å². The predicted octanol–water partition coefficient (Wildman–Crippen LogP) is 2.36. The van der Waals surface area contributed by atoms with Crippen LogP contribution in [-0.4, -0.2) is 27.1 Å². The highest BCUT2D eigenvalue weighted by Gasteiger charge is 2.30. The van der Waals surface area contributed by atoms with Gasteiger partial charge >= 0.3 is 18.0 Å². The van der Waals surface area contributed by atoms with E-state index >= 15 is 0 Å². The molecule has 1 atom stereocenters. The molecule has 1 aliphatic heterocycles. The zero-order valence-electron chi connectivity index (χ0n) is 12.3. The molecule has 24 heavy (non-hydrogen) atoms. The van der Waals surface area contributed by atoms with Crippen molar-refractivity contribution in [3.8, 4) is 6.01 Å². The molecule has 2 heterocycles. The topological polar surface area (TPSA) is 82.2 Å². The van der Waals surface area contributed by atoms with Gasteiger partial charge in [0, 0.05) is 18.1 Å². The molecule has 0 spiro atoms. The number of ether oxygens (including phenoxy) is 1. The lowest BCUT2D eigenvalue weighted by Gasteiger charge is -2.23. The van der Waals surface area contributed by atoms with Gasteiger partial charge in [-0.2, -0.15) is 13.2 Å². The first kappa shape index (κ1) is 16.2. The molecular weight excluding hydrogens is 329 g/mol. The van der Waals surface area contributed by atoms with Crippen molar-refractivity contribution in [3.63, 3.8) is 0 Å². The Balaban J connectivity index is 1.58. The molecule has 0 unspecified atom stereocenters. The van der Waals surface area contributed by atoms with Crippen molar-refractivity contribution in [1.82, 2.24) is 14.9 Å². The molecule has 1 aromatic carbocycles. The maximum absolute atomic E-state index is 12.5. The third kappa shape index (κ3) is 3.48. The van der Waals surface area contributed by atoms with Gasteiger partial charge in [-0.1, -0.05) is 12.1 Å². The molecule has 0 saturated heterocycles. The maximum Gasteiger partial charge on any atom is 0.416 e. The van der Waals surface area contributed by atoms with E-state index in [-0.39, 0.29) is 24.5 Å². The van der Waals surface area contributed by atoms with Crippen LogP contribution in [0.4, 0.5) is 19.0 Å². The summed E-state index contributed by atoms with van der Waals surface area (Å²) in [5.74, 6) is -0.284. The van der Waals surface area contributed by atoms with E-state index in [0.29, 0.717) is 18.7 Å². The fourth-order valence-corrected chi connectivity index (χ4v) is 2.38. The summed E-state index contributed by atoms with van der Waals surface area (Å²) < 4.78 is 44.4. The van der Waals surface area contributed by atoms with Crippen LogP contribution in [-0.2, 0) is 19.3 Å². The predicted molar refractivity (Wildman–Crippen MR) is 76.4 cm³/mol. The Labute approximate surface area is 134 Å². The van der Waals surface area contributed by atoms with E-state index in [9.17, 15) is 23.3 Å². The van der Waals surface area contributed by atoms with Gasteiger partial charge in [0.25, 0.3) is 0 Å². The Morgan fingerprint density at radius 2 is 2.08 bits per heavy atom. The van der Waals surface area contributed by atoms with E-state index in [0.717, 1.165) is 12.1 Å². The summed E-state index contributed by atoms with van der Waals surface area (Å²) in [5, 5.41) is 13.8. The molecule has 7 nitrogen and oxygen atoms in total. The average molecular weight is 342 g/mol. The lowest BCUT2D eigenvalue weighted by atomic mass is 10.1. The minimum atomic E-state index is -4.35. The maximum atomic E-state index is 12.5. The van der Waals surface area contributed by atoms with Gasteiger partial charge in [0.1, 0.15) is 12.8 Å². The molecule has 0 aliphatic carbocycles. The van der Waals surface area contributed by atoms with E-state index in [2.05, 4.69) is 10.3 Å². The highest BCUT2D eigenvalue weighted by molar-refractivity contribution is 5.25. The Bertz CT molecular complexity index is 743. The second-order valence-corrected chi connectivity index (χ2v) is 5.37. The number of imidazole rings is 1. The summed E-state index contributed by atoms with van der Waals surface area (Å²) in [6.45, 7) is 1.06. The second-order valence-electron chi connectivity index (χ2n) is 5.37. The molecule has 10 heteroatoms. The number of nitrogens with one attached hydrogen (secondary N) is 1. The Morgan fingerprint density at radius 3 is 2.71 bits per heavy atom. The van der Waals surface area contributed by atoms with Crippen LogP contribution in [0.25, 0.3) is 0 Å². The number of nitro groups is 1. The second kappa shape index (κ2) is 6.11. The van der Waals surface area contributed by atoms with Gasteiger partial charge < -0.3 is 20.2 Å². The monoisotopic (exact) mass is 342 g/mol. The first-order chi connectivity index (χ1) is 11.3. The Kier molecular flexibility index (Phi) is 4.14. The molecule has 0 fully saturated rings. The van der Waals surface area contributed by atoms with Crippen molar-refractivity contribution in [3.05, 3.63) is 51.7 Å². The molecule has 0 amide bonds. The quantitative estimate of drug-likeness (QED) is 0.681. The van der Waals surface area contributed by atoms with E-state index in [1.54, 1.807) is 0 Å². The fourth-order valence-electron chi connectivity index (χ4n) is 2.38. The standard InChI is InChI=1S/C14H13F3N4O3/c15-14(16,17)10-3-1-9(2-4-10)5-18-11-6-20-7-12(21(22)23)19-13(20)24-8-11/h1-4,7,11,18H,5-6,8H2/t11-/m0/s1. The number of rotatable bonds is 4. The number of aromatic nitrogens is 2. The molecule has 128 valence electrons. The molecule has 0 radical (unpaired) electrons. The molecule has 1 aliphatic rings. The lowest BCUT2D eigenvalue weighted by molar-refractivity contribution is -0.389. The normalized spacial score (nSPS) is 17.2. The summed E-state index contributed by atoms with van der Waals surface area (Å²) in [6, 6.07) is 4.94. The van der Waals surface area contributed by atoms with E-state index in [1.807, 2.05) is 0 Å². The Morgan fingerprint density at radius 1 is 1.38 bits per heavy atom. The number of halogens is 3. The van der Waals surface area contributed by atoms with Gasteiger partial charge in [0.2, 0.25) is 0 Å². The van der Waals surface area contributed by atoms with E-state index < -0.39 is 16.7 Å². The largest absolute Gasteiger partial charge is 0.444 e. The minimum Gasteiger partial charge on any atom is -0.444 e. The fraction of sp³-hybridized carbons (Fsp3) is 0.357. The number of hydrogen-bond donors (Lipinski definition) is 1. The molecular formula is C14H13F3N4O3. The Hall–Kier alpha value is -2.62. The average Bonchev–Trinajstić information content (AvgIpc) is 2.96. The van der Waals surface area contributed by atoms with Crippen LogP contribution in [0.15, 0.2) is 30.5 Å². The van der Waals surface area contributed by atoms with Crippen LogP contribution >= 0.6 is 0 Å². The molecule has 1 aromatic heterocycles. The van der Waals surface area contributed by atoms with Crippen LogP contribution in [0.1, 0.15) is 11.1 Å². The molecule has 3 rings (SSSR count). The number of hydrogen-bond acceptors (Lipinski definition) is 5. The summed E-state index contributed by atoms with van der Waals surface area (Å²) >= 11 is 0. The van der Waals surface area contributed by atoms with E-state index in [1.165, 1.54) is 22.9 Å². The van der Waals surface area contributed by atoms with Crippen LogP contribution in [0.3, 0.4) is 0 Å². The van der Waals surface area contributed by atoms with Gasteiger partial charge in [-0.05, 0) is 22.6 Å². The van der Waals surface area contributed by atoms with Crippen LogP contribution in [0, 0.1) is 10.1 Å². The highest BCUT2D eigenvalue weighted by atomic mass is 19.4. The van der Waals surface area contributed by atoms with Gasteiger partial charge in [-0.15, -0.1) is 0 Å². The van der Waals surface area contributed by atoms with Crippen molar-refractivity contribution in [2.75, 3.05) is 6.61 Å². The number of nitrogens with zero attached hydrogens (tertiary/aromatic N) is 3. The van der Waals surface area contributed by atoms with Gasteiger partial charge in [0.05, 0.1) is 11.6 Å². The van der Waals surface area contributed by atoms with Crippen molar-refractivity contribution in [2.24, 2.45) is 0 Å². The number of alkyl halides is 3. The van der Waals surface area contributed by atoms with Gasteiger partial charge in [-0.25, -0.2) is 0 Å². The molecule has 0 bridgehead atoms. The molecule has 0 saturated carbocycles. The van der Waals surface area contributed by atoms with Crippen LogP contribution in [0.5, 0.6) is 6.01 Å². The summed E-state index contributed by atoms with van der Waals surface area (Å²) in [5.41, 5.74) is 0.00743. The number of benzene rings is 1. The zero-order chi connectivity index (χ0) is 17.3. The van der Waals surface area contributed by atoms with Crippen molar-refractivity contribution in [1.29, 1.82) is 0 Å². The van der Waals surface area contributed by atoms with Gasteiger partial charge in [0.15, 0.2) is 0 Å². The summed E-state index contributed by atoms with van der Waals surface area (Å²) in [7, 11) is 0. The zero-order valence-corrected chi connectivity index (χ0v) is 12.3.